The minimum atomic E-state index is -0.177. The molecule has 0 aromatic heterocycles. The van der Waals surface area contributed by atoms with Crippen LogP contribution in [-0.4, -0.2) is 5.78 Å². The largest absolute Gasteiger partial charge is 0.298 e. The van der Waals surface area contributed by atoms with E-state index in [-0.39, 0.29) is 10.8 Å². The third kappa shape index (κ3) is 3.59. The molecule has 1 aliphatic rings. The van der Waals surface area contributed by atoms with Gasteiger partial charge in [-0.1, -0.05) is 66.7 Å². The van der Waals surface area contributed by atoms with Crippen molar-refractivity contribution in [3.63, 3.8) is 0 Å². The quantitative estimate of drug-likeness (QED) is 0.642. The first kappa shape index (κ1) is 15.7. The van der Waals surface area contributed by atoms with Gasteiger partial charge in [-0.2, -0.15) is 0 Å². The van der Waals surface area contributed by atoms with Gasteiger partial charge in [-0.25, -0.2) is 0 Å². The third-order valence-corrected chi connectivity index (χ3v) is 4.81. The highest BCUT2D eigenvalue weighted by atomic mass is 16.1. The van der Waals surface area contributed by atoms with Gasteiger partial charge in [0.25, 0.3) is 0 Å². The third-order valence-electron chi connectivity index (χ3n) is 4.81. The first-order chi connectivity index (χ1) is 8.35. The number of carbonyl (C=O) groups excluding carboxylic acids is 1. The van der Waals surface area contributed by atoms with E-state index in [9.17, 15) is 4.79 Å². The Hall–Kier alpha value is -0.330. The summed E-state index contributed by atoms with van der Waals surface area (Å²) in [5.41, 5.74) is -0.170. The van der Waals surface area contributed by atoms with E-state index in [1.807, 2.05) is 0 Å². The molecule has 0 aromatic rings. The predicted octanol–water partition coefficient (Wildman–Crippen LogP) is 5.38. The van der Waals surface area contributed by atoms with Crippen LogP contribution in [0.3, 0.4) is 0 Å². The summed E-state index contributed by atoms with van der Waals surface area (Å²) in [5, 5.41) is 0. The maximum absolute atomic E-state index is 12.9. The van der Waals surface area contributed by atoms with Crippen LogP contribution < -0.4 is 0 Å². The Bertz CT molecular complexity index is 262. The van der Waals surface area contributed by atoms with Crippen molar-refractivity contribution in [3.05, 3.63) is 0 Å². The zero-order chi connectivity index (χ0) is 13.8. The van der Waals surface area contributed by atoms with Gasteiger partial charge in [-0.05, 0) is 25.2 Å². The van der Waals surface area contributed by atoms with Crippen molar-refractivity contribution in [2.45, 2.75) is 86.0 Å². The van der Waals surface area contributed by atoms with Crippen molar-refractivity contribution in [2.24, 2.45) is 16.7 Å². The fraction of sp³-hybridized carbons (Fsp3) is 0.941. The summed E-state index contributed by atoms with van der Waals surface area (Å²) in [5.74, 6) is 1.26. The zero-order valence-electron chi connectivity index (χ0n) is 13.1. The average molecular weight is 252 g/mol. The number of ketones is 1. The van der Waals surface area contributed by atoms with Crippen LogP contribution in [0.5, 0.6) is 0 Å². The molecule has 0 bridgehead atoms. The second-order valence-corrected chi connectivity index (χ2v) is 7.31. The maximum atomic E-state index is 12.9. The number of hydrogen-bond donors (Lipinski definition) is 0. The fourth-order valence-electron chi connectivity index (χ4n) is 3.68. The van der Waals surface area contributed by atoms with E-state index in [1.165, 1.54) is 32.1 Å². The SMILES string of the molecule is CCC(CC)CC1(C(=O)C(C)(C)C)CCCCC1. The Morgan fingerprint density at radius 2 is 1.56 bits per heavy atom. The number of carbonyl (C=O) groups is 1. The van der Waals surface area contributed by atoms with E-state index in [0.29, 0.717) is 5.78 Å². The van der Waals surface area contributed by atoms with Gasteiger partial charge in [0.2, 0.25) is 0 Å². The van der Waals surface area contributed by atoms with Crippen LogP contribution >= 0.6 is 0 Å². The number of rotatable bonds is 5. The Morgan fingerprint density at radius 1 is 1.06 bits per heavy atom. The van der Waals surface area contributed by atoms with Crippen molar-refractivity contribution in [2.75, 3.05) is 0 Å². The van der Waals surface area contributed by atoms with Gasteiger partial charge in [-0.15, -0.1) is 0 Å². The summed E-state index contributed by atoms with van der Waals surface area (Å²) in [6.07, 6.45) is 9.67. The molecule has 0 spiro atoms. The molecular formula is C17H32O. The molecule has 0 heterocycles. The Kier molecular flexibility index (Phi) is 5.43. The summed E-state index contributed by atoms with van der Waals surface area (Å²) in [7, 11) is 0. The summed E-state index contributed by atoms with van der Waals surface area (Å²) in [4.78, 5) is 12.9. The molecule has 0 aromatic carbocycles. The lowest BCUT2D eigenvalue weighted by molar-refractivity contribution is -0.140. The molecule has 0 N–H and O–H groups in total. The van der Waals surface area contributed by atoms with E-state index in [2.05, 4.69) is 34.6 Å². The van der Waals surface area contributed by atoms with Gasteiger partial charge in [0, 0.05) is 10.8 Å². The average Bonchev–Trinajstić information content (AvgIpc) is 2.35. The lowest BCUT2D eigenvalue weighted by Crippen LogP contribution is -2.42. The van der Waals surface area contributed by atoms with Crippen LogP contribution in [0.15, 0.2) is 0 Å². The number of hydrogen-bond acceptors (Lipinski definition) is 1. The van der Waals surface area contributed by atoms with Gasteiger partial charge >= 0.3 is 0 Å². The molecule has 1 saturated carbocycles. The smallest absolute Gasteiger partial charge is 0.144 e. The van der Waals surface area contributed by atoms with Crippen molar-refractivity contribution < 1.29 is 4.79 Å². The molecule has 106 valence electrons. The van der Waals surface area contributed by atoms with Crippen LogP contribution in [0.25, 0.3) is 0 Å². The van der Waals surface area contributed by atoms with Gasteiger partial charge < -0.3 is 0 Å². The minimum absolute atomic E-state index is 0.00713. The van der Waals surface area contributed by atoms with E-state index in [4.69, 9.17) is 0 Å². The standard InChI is InChI=1S/C17H32O/c1-6-14(7-2)13-17(11-9-8-10-12-17)15(18)16(3,4)5/h14H,6-13H2,1-5H3. The molecule has 1 rings (SSSR count). The highest BCUT2D eigenvalue weighted by molar-refractivity contribution is 5.89. The highest BCUT2D eigenvalue weighted by Gasteiger charge is 2.44. The molecular weight excluding hydrogens is 220 g/mol. The lowest BCUT2D eigenvalue weighted by atomic mass is 9.61. The molecule has 0 aliphatic heterocycles. The Labute approximate surface area is 114 Å². The summed E-state index contributed by atoms with van der Waals surface area (Å²) < 4.78 is 0. The zero-order valence-corrected chi connectivity index (χ0v) is 13.1. The second kappa shape index (κ2) is 6.21. The van der Waals surface area contributed by atoms with Gasteiger partial charge in [-0.3, -0.25) is 4.79 Å². The van der Waals surface area contributed by atoms with Crippen LogP contribution in [0.2, 0.25) is 0 Å². The van der Waals surface area contributed by atoms with Crippen LogP contribution in [0.1, 0.15) is 86.0 Å². The molecule has 0 saturated heterocycles. The normalized spacial score (nSPS) is 20.1. The van der Waals surface area contributed by atoms with Crippen molar-refractivity contribution in [1.29, 1.82) is 0 Å². The van der Waals surface area contributed by atoms with Crippen molar-refractivity contribution in [3.8, 4) is 0 Å². The minimum Gasteiger partial charge on any atom is -0.298 e. The molecule has 0 radical (unpaired) electrons. The van der Waals surface area contributed by atoms with E-state index < -0.39 is 0 Å². The first-order valence-corrected chi connectivity index (χ1v) is 7.90. The predicted molar refractivity (Wildman–Crippen MR) is 78.7 cm³/mol. The van der Waals surface area contributed by atoms with Crippen LogP contribution in [0.4, 0.5) is 0 Å². The molecule has 1 nitrogen and oxygen atoms in total. The van der Waals surface area contributed by atoms with Crippen molar-refractivity contribution >= 4 is 5.78 Å². The Morgan fingerprint density at radius 3 is 1.94 bits per heavy atom. The molecule has 18 heavy (non-hydrogen) atoms. The molecule has 0 atom stereocenters. The van der Waals surface area contributed by atoms with Gasteiger partial charge in [0.1, 0.15) is 5.78 Å². The monoisotopic (exact) mass is 252 g/mol. The Balaban J connectivity index is 2.91. The fourth-order valence-corrected chi connectivity index (χ4v) is 3.68. The van der Waals surface area contributed by atoms with Gasteiger partial charge in [0.15, 0.2) is 0 Å². The van der Waals surface area contributed by atoms with Crippen molar-refractivity contribution in [1.82, 2.24) is 0 Å². The van der Waals surface area contributed by atoms with Crippen LogP contribution in [0, 0.1) is 16.7 Å². The number of Topliss-reactive ketones (excluding diaryl/α,β-unsaturated/α-hetero) is 1. The molecule has 1 aliphatic carbocycles. The maximum Gasteiger partial charge on any atom is 0.144 e. The first-order valence-electron chi connectivity index (χ1n) is 7.90. The molecule has 0 unspecified atom stereocenters. The highest BCUT2D eigenvalue weighted by Crippen LogP contribution is 2.47. The molecule has 1 fully saturated rings. The molecule has 1 heteroatoms. The van der Waals surface area contributed by atoms with Crippen LogP contribution in [-0.2, 0) is 4.79 Å². The summed E-state index contributed by atoms with van der Waals surface area (Å²) in [6, 6.07) is 0. The van der Waals surface area contributed by atoms with E-state index >= 15 is 0 Å². The van der Waals surface area contributed by atoms with Gasteiger partial charge in [0.05, 0.1) is 0 Å². The lowest BCUT2D eigenvalue weighted by Gasteiger charge is -2.42. The second-order valence-electron chi connectivity index (χ2n) is 7.31. The van der Waals surface area contributed by atoms with E-state index in [0.717, 1.165) is 25.2 Å². The summed E-state index contributed by atoms with van der Waals surface area (Å²) >= 11 is 0. The summed E-state index contributed by atoms with van der Waals surface area (Å²) in [6.45, 7) is 10.8. The molecule has 0 amide bonds. The topological polar surface area (TPSA) is 17.1 Å². The van der Waals surface area contributed by atoms with E-state index in [1.54, 1.807) is 0 Å².